The molecule has 0 saturated heterocycles. The number of hydrogen-bond donors (Lipinski definition) is 0. The molecule has 3 aromatic carbocycles. The van der Waals surface area contributed by atoms with Crippen molar-refractivity contribution >= 4 is 16.9 Å². The molecule has 7 nitrogen and oxygen atoms in total. The number of amides is 1. The van der Waals surface area contributed by atoms with Crippen molar-refractivity contribution in [2.24, 2.45) is 5.92 Å². The van der Waals surface area contributed by atoms with Gasteiger partial charge in [0.2, 0.25) is 5.76 Å². The van der Waals surface area contributed by atoms with Gasteiger partial charge in [0, 0.05) is 6.54 Å². The first-order valence-corrected chi connectivity index (χ1v) is 13.2. The van der Waals surface area contributed by atoms with Gasteiger partial charge in [0.15, 0.2) is 16.9 Å². The summed E-state index contributed by atoms with van der Waals surface area (Å²) in [5.41, 5.74) is 2.36. The van der Waals surface area contributed by atoms with E-state index in [1.54, 1.807) is 43.4 Å². The van der Waals surface area contributed by atoms with E-state index < -0.39 is 6.04 Å². The van der Waals surface area contributed by atoms with Gasteiger partial charge in [0.1, 0.15) is 11.3 Å². The molecule has 0 fully saturated rings. The Hall–Kier alpha value is -4.26. The van der Waals surface area contributed by atoms with E-state index in [1.165, 1.54) is 0 Å². The average molecular weight is 528 g/mol. The maximum Gasteiger partial charge on any atom is 0.290 e. The third-order valence-electron chi connectivity index (χ3n) is 7.13. The van der Waals surface area contributed by atoms with Gasteiger partial charge in [0.05, 0.1) is 37.8 Å². The lowest BCUT2D eigenvalue weighted by Gasteiger charge is -2.26. The van der Waals surface area contributed by atoms with Crippen LogP contribution in [0.2, 0.25) is 0 Å². The van der Waals surface area contributed by atoms with Crippen molar-refractivity contribution in [1.29, 1.82) is 0 Å². The molecule has 1 amide bonds. The second kappa shape index (κ2) is 11.2. The van der Waals surface area contributed by atoms with E-state index in [0.717, 1.165) is 23.3 Å². The number of carbonyl (C=O) groups is 1. The van der Waals surface area contributed by atoms with Crippen molar-refractivity contribution in [2.75, 3.05) is 27.4 Å². The van der Waals surface area contributed by atoms with Crippen LogP contribution in [-0.2, 0) is 6.42 Å². The highest BCUT2D eigenvalue weighted by Gasteiger charge is 2.42. The van der Waals surface area contributed by atoms with E-state index >= 15 is 0 Å². The molecule has 1 atom stereocenters. The highest BCUT2D eigenvalue weighted by molar-refractivity contribution is 5.99. The minimum Gasteiger partial charge on any atom is -0.497 e. The Balaban J connectivity index is 1.55. The van der Waals surface area contributed by atoms with Gasteiger partial charge in [-0.15, -0.1) is 0 Å². The van der Waals surface area contributed by atoms with E-state index in [-0.39, 0.29) is 17.1 Å². The Morgan fingerprint density at radius 2 is 1.69 bits per heavy atom. The molecule has 5 rings (SSSR count). The van der Waals surface area contributed by atoms with Crippen LogP contribution in [0.4, 0.5) is 0 Å². The van der Waals surface area contributed by atoms with Crippen molar-refractivity contribution in [3.8, 4) is 17.2 Å². The van der Waals surface area contributed by atoms with Gasteiger partial charge in [-0.3, -0.25) is 9.59 Å². The van der Waals surface area contributed by atoms with Crippen LogP contribution in [0.15, 0.2) is 75.9 Å². The van der Waals surface area contributed by atoms with Crippen LogP contribution in [0.5, 0.6) is 17.2 Å². The number of nitrogens with zero attached hydrogens (tertiary/aromatic N) is 1. The monoisotopic (exact) mass is 527 g/mol. The minimum atomic E-state index is -0.620. The average Bonchev–Trinajstić information content (AvgIpc) is 3.23. The highest BCUT2D eigenvalue weighted by atomic mass is 16.5. The number of hydrogen-bond acceptors (Lipinski definition) is 6. The van der Waals surface area contributed by atoms with Crippen LogP contribution < -0.4 is 19.6 Å². The second-order valence-electron chi connectivity index (χ2n) is 10.1. The lowest BCUT2D eigenvalue weighted by molar-refractivity contribution is 0.0730. The molecule has 7 heteroatoms. The molecule has 0 bridgehead atoms. The normalized spacial score (nSPS) is 14.6. The summed E-state index contributed by atoms with van der Waals surface area (Å²) in [6, 6.07) is 19.8. The third kappa shape index (κ3) is 5.21. The van der Waals surface area contributed by atoms with Gasteiger partial charge in [-0.25, -0.2) is 0 Å². The topological polar surface area (TPSA) is 78.2 Å². The number of fused-ring (bicyclic) bond motifs is 2. The van der Waals surface area contributed by atoms with Gasteiger partial charge >= 0.3 is 0 Å². The molecule has 1 unspecified atom stereocenters. The third-order valence-corrected chi connectivity index (χ3v) is 7.13. The lowest BCUT2D eigenvalue weighted by atomic mass is 9.97. The Morgan fingerprint density at radius 1 is 0.923 bits per heavy atom. The van der Waals surface area contributed by atoms with Crippen molar-refractivity contribution in [3.63, 3.8) is 0 Å². The Kier molecular flexibility index (Phi) is 7.59. The predicted molar refractivity (Wildman–Crippen MR) is 150 cm³/mol. The SMILES string of the molecule is COc1ccc(CCN2C(=O)c3oc4ccccc4c(=O)c3C2c2ccc(OCCC(C)C)c(OC)c2)cc1. The summed E-state index contributed by atoms with van der Waals surface area (Å²) in [6.45, 7) is 5.26. The van der Waals surface area contributed by atoms with Crippen molar-refractivity contribution in [3.05, 3.63) is 99.4 Å². The standard InChI is InChI=1S/C32H33NO6/c1-20(2)16-18-38-26-14-11-22(19-27(26)37-4)29-28-30(34)24-7-5-6-8-25(24)39-31(28)32(35)33(29)17-15-21-9-12-23(36-3)13-10-21/h5-14,19-20,29H,15-18H2,1-4H3. The summed E-state index contributed by atoms with van der Waals surface area (Å²) in [6.07, 6.45) is 1.52. The van der Waals surface area contributed by atoms with Crippen molar-refractivity contribution in [1.82, 2.24) is 4.90 Å². The molecule has 0 saturated carbocycles. The van der Waals surface area contributed by atoms with Crippen molar-refractivity contribution in [2.45, 2.75) is 32.7 Å². The first-order valence-electron chi connectivity index (χ1n) is 13.2. The summed E-state index contributed by atoms with van der Waals surface area (Å²) in [5, 5.41) is 0.451. The molecule has 202 valence electrons. The fourth-order valence-electron chi connectivity index (χ4n) is 4.96. The minimum absolute atomic E-state index is 0.0923. The van der Waals surface area contributed by atoms with Gasteiger partial charge in [0.25, 0.3) is 5.91 Å². The zero-order valence-electron chi connectivity index (χ0n) is 22.7. The second-order valence-corrected chi connectivity index (χ2v) is 10.1. The van der Waals surface area contributed by atoms with Crippen LogP contribution in [0.3, 0.4) is 0 Å². The summed E-state index contributed by atoms with van der Waals surface area (Å²) >= 11 is 0. The first-order chi connectivity index (χ1) is 18.9. The zero-order chi connectivity index (χ0) is 27.5. The van der Waals surface area contributed by atoms with Gasteiger partial charge in [-0.2, -0.15) is 0 Å². The number of methoxy groups -OCH3 is 2. The van der Waals surface area contributed by atoms with E-state index in [4.69, 9.17) is 18.6 Å². The quantitative estimate of drug-likeness (QED) is 0.251. The molecule has 4 aromatic rings. The van der Waals surface area contributed by atoms with E-state index in [9.17, 15) is 9.59 Å². The van der Waals surface area contributed by atoms with E-state index in [0.29, 0.717) is 53.5 Å². The van der Waals surface area contributed by atoms with Crippen LogP contribution in [0.25, 0.3) is 11.0 Å². The number of rotatable bonds is 10. The number of carbonyl (C=O) groups excluding carboxylic acids is 1. The maximum atomic E-state index is 13.8. The van der Waals surface area contributed by atoms with Gasteiger partial charge < -0.3 is 23.5 Å². The van der Waals surface area contributed by atoms with Crippen LogP contribution in [0, 0.1) is 5.92 Å². The fraction of sp³-hybridized carbons (Fsp3) is 0.312. The van der Waals surface area contributed by atoms with E-state index in [1.807, 2.05) is 42.5 Å². The maximum absolute atomic E-state index is 13.8. The summed E-state index contributed by atoms with van der Waals surface area (Å²) < 4.78 is 23.0. The number of ether oxygens (including phenoxy) is 3. The molecular weight excluding hydrogens is 494 g/mol. The van der Waals surface area contributed by atoms with Crippen LogP contribution >= 0.6 is 0 Å². The molecule has 39 heavy (non-hydrogen) atoms. The first kappa shape index (κ1) is 26.4. The van der Waals surface area contributed by atoms with Gasteiger partial charge in [-0.05, 0) is 66.3 Å². The Labute approximate surface area is 227 Å². The Bertz CT molecular complexity index is 1540. The summed E-state index contributed by atoms with van der Waals surface area (Å²) in [5.74, 6) is 2.26. The zero-order valence-corrected chi connectivity index (χ0v) is 22.7. The molecule has 0 N–H and O–H groups in total. The smallest absolute Gasteiger partial charge is 0.290 e. The molecule has 0 spiro atoms. The number of benzene rings is 3. The Morgan fingerprint density at radius 3 is 2.41 bits per heavy atom. The molecular formula is C32H33NO6. The number of para-hydroxylation sites is 1. The molecule has 1 aromatic heterocycles. The predicted octanol–water partition coefficient (Wildman–Crippen LogP) is 6.02. The molecule has 0 radical (unpaired) electrons. The highest BCUT2D eigenvalue weighted by Crippen LogP contribution is 2.41. The van der Waals surface area contributed by atoms with E-state index in [2.05, 4.69) is 13.8 Å². The fourth-order valence-corrected chi connectivity index (χ4v) is 4.96. The molecule has 0 aliphatic carbocycles. The largest absolute Gasteiger partial charge is 0.497 e. The molecule has 1 aliphatic rings. The van der Waals surface area contributed by atoms with Crippen LogP contribution in [-0.4, -0.2) is 38.2 Å². The lowest BCUT2D eigenvalue weighted by Crippen LogP contribution is -2.31. The van der Waals surface area contributed by atoms with Gasteiger partial charge in [-0.1, -0.05) is 44.2 Å². The van der Waals surface area contributed by atoms with Crippen LogP contribution in [0.1, 0.15) is 53.6 Å². The summed E-state index contributed by atoms with van der Waals surface area (Å²) in [7, 11) is 3.22. The van der Waals surface area contributed by atoms with Crippen molar-refractivity contribution < 1.29 is 23.4 Å². The molecule has 2 heterocycles. The molecule has 1 aliphatic heterocycles. The summed E-state index contributed by atoms with van der Waals surface area (Å²) in [4.78, 5) is 29.2.